The second-order valence-electron chi connectivity index (χ2n) is 3.46. The Bertz CT molecular complexity index is 391. The summed E-state index contributed by atoms with van der Waals surface area (Å²) in [5.41, 5.74) is 1.99. The molecule has 0 radical (unpaired) electrons. The van der Waals surface area contributed by atoms with Crippen molar-refractivity contribution in [1.82, 2.24) is 0 Å². The molecule has 0 saturated carbocycles. The summed E-state index contributed by atoms with van der Waals surface area (Å²) >= 11 is 0. The fraction of sp³-hybridized carbons (Fsp3) is 0.154. The van der Waals surface area contributed by atoms with E-state index in [0.29, 0.717) is 5.92 Å². The molecule has 0 heterocycles. The molecular formula is C13H12O. The minimum atomic E-state index is 0.0129. The number of carbonyl (C=O) groups is 1. The van der Waals surface area contributed by atoms with Crippen molar-refractivity contribution < 1.29 is 4.79 Å². The smallest absolute Gasteiger partial charge is 0.184 e. The zero-order valence-corrected chi connectivity index (χ0v) is 7.94. The summed E-state index contributed by atoms with van der Waals surface area (Å²) in [5, 5.41) is 0. The maximum Gasteiger partial charge on any atom is 0.184 e. The van der Waals surface area contributed by atoms with E-state index in [9.17, 15) is 4.79 Å². The van der Waals surface area contributed by atoms with Crippen LogP contribution in [0.15, 0.2) is 60.3 Å². The molecule has 2 aliphatic rings. The van der Waals surface area contributed by atoms with Crippen LogP contribution in [0.25, 0.3) is 0 Å². The highest BCUT2D eigenvalue weighted by Crippen LogP contribution is 2.28. The number of fused-ring (bicyclic) bond motifs is 1. The minimum absolute atomic E-state index is 0.0129. The molecule has 0 saturated heterocycles. The van der Waals surface area contributed by atoms with Gasteiger partial charge in [-0.2, -0.15) is 0 Å². The normalized spacial score (nSPS) is 23.6. The zero-order valence-electron chi connectivity index (χ0n) is 7.94. The third-order valence-corrected chi connectivity index (χ3v) is 2.56. The lowest BCUT2D eigenvalue weighted by atomic mass is 9.85. The van der Waals surface area contributed by atoms with Crippen molar-refractivity contribution in [2.45, 2.75) is 6.42 Å². The topological polar surface area (TPSA) is 17.1 Å². The summed E-state index contributed by atoms with van der Waals surface area (Å²) in [6.07, 6.45) is 14.5. The number of carbonyl (C=O) groups excluding carboxylic acids is 1. The standard InChI is InChI=1S/C13H12O/c1-2-13(14)12-8-7-10-5-3-4-6-11(10)9-12/h2-6,8-10H,1,7H2. The molecule has 1 unspecified atom stereocenters. The lowest BCUT2D eigenvalue weighted by molar-refractivity contribution is -0.111. The lowest BCUT2D eigenvalue weighted by Gasteiger charge is -2.19. The van der Waals surface area contributed by atoms with Gasteiger partial charge in [-0.25, -0.2) is 0 Å². The molecule has 70 valence electrons. The van der Waals surface area contributed by atoms with E-state index in [4.69, 9.17) is 0 Å². The van der Waals surface area contributed by atoms with Crippen LogP contribution in [-0.4, -0.2) is 5.78 Å². The predicted octanol–water partition coefficient (Wildman–Crippen LogP) is 2.74. The summed E-state index contributed by atoms with van der Waals surface area (Å²) in [4.78, 5) is 11.4. The van der Waals surface area contributed by atoms with Crippen LogP contribution in [0.1, 0.15) is 6.42 Å². The molecule has 0 aromatic heterocycles. The van der Waals surface area contributed by atoms with Crippen molar-refractivity contribution in [3.63, 3.8) is 0 Å². The van der Waals surface area contributed by atoms with Gasteiger partial charge in [0.25, 0.3) is 0 Å². The average molecular weight is 184 g/mol. The van der Waals surface area contributed by atoms with Gasteiger partial charge in [-0.1, -0.05) is 37.0 Å². The molecule has 0 aromatic rings. The third-order valence-electron chi connectivity index (χ3n) is 2.56. The van der Waals surface area contributed by atoms with Crippen LogP contribution in [0.5, 0.6) is 0 Å². The van der Waals surface area contributed by atoms with Gasteiger partial charge in [0.1, 0.15) is 0 Å². The van der Waals surface area contributed by atoms with Gasteiger partial charge in [0.15, 0.2) is 5.78 Å². The van der Waals surface area contributed by atoms with Crippen molar-refractivity contribution in [2.75, 3.05) is 0 Å². The molecule has 0 aromatic carbocycles. The SMILES string of the molecule is C=CC(=O)C1=CCC2C=CC=CC2=C1. The quantitative estimate of drug-likeness (QED) is 0.603. The summed E-state index contributed by atoms with van der Waals surface area (Å²) in [7, 11) is 0. The molecule has 14 heavy (non-hydrogen) atoms. The van der Waals surface area contributed by atoms with Crippen molar-refractivity contribution >= 4 is 5.78 Å². The van der Waals surface area contributed by atoms with E-state index in [1.807, 2.05) is 18.2 Å². The Morgan fingerprint density at radius 1 is 1.50 bits per heavy atom. The van der Waals surface area contributed by atoms with E-state index in [2.05, 4.69) is 24.8 Å². The molecule has 1 atom stereocenters. The second kappa shape index (κ2) is 3.62. The fourth-order valence-corrected chi connectivity index (χ4v) is 1.75. The molecule has 0 spiro atoms. The maximum absolute atomic E-state index is 11.4. The first-order valence-electron chi connectivity index (χ1n) is 4.74. The van der Waals surface area contributed by atoms with E-state index < -0.39 is 0 Å². The van der Waals surface area contributed by atoms with E-state index in [-0.39, 0.29) is 5.78 Å². The Labute approximate surface area is 83.8 Å². The second-order valence-corrected chi connectivity index (χ2v) is 3.46. The molecule has 0 aliphatic heterocycles. The molecule has 0 bridgehead atoms. The highest BCUT2D eigenvalue weighted by atomic mass is 16.1. The van der Waals surface area contributed by atoms with Crippen LogP contribution in [0.3, 0.4) is 0 Å². The molecule has 0 N–H and O–H groups in total. The number of hydrogen-bond donors (Lipinski definition) is 0. The number of hydrogen-bond acceptors (Lipinski definition) is 1. The minimum Gasteiger partial charge on any atom is -0.289 e. The summed E-state index contributed by atoms with van der Waals surface area (Å²) in [6.45, 7) is 3.49. The summed E-state index contributed by atoms with van der Waals surface area (Å²) in [6, 6.07) is 0. The van der Waals surface area contributed by atoms with Crippen LogP contribution in [0.4, 0.5) is 0 Å². The Kier molecular flexibility index (Phi) is 2.32. The zero-order chi connectivity index (χ0) is 9.97. The highest BCUT2D eigenvalue weighted by molar-refractivity contribution is 6.06. The predicted molar refractivity (Wildman–Crippen MR) is 57.8 cm³/mol. The largest absolute Gasteiger partial charge is 0.289 e. The van der Waals surface area contributed by atoms with Crippen LogP contribution < -0.4 is 0 Å². The number of allylic oxidation sites excluding steroid dienone is 9. The molecule has 0 amide bonds. The molecular weight excluding hydrogens is 172 g/mol. The van der Waals surface area contributed by atoms with Crippen molar-refractivity contribution in [2.24, 2.45) is 5.92 Å². The Morgan fingerprint density at radius 3 is 3.14 bits per heavy atom. The van der Waals surface area contributed by atoms with E-state index in [0.717, 1.165) is 12.0 Å². The van der Waals surface area contributed by atoms with Crippen molar-refractivity contribution in [3.05, 3.63) is 60.3 Å². The lowest BCUT2D eigenvalue weighted by Crippen LogP contribution is -2.09. The van der Waals surface area contributed by atoms with Gasteiger partial charge in [-0.05, 0) is 24.1 Å². The molecule has 1 heteroatoms. The maximum atomic E-state index is 11.4. The fourth-order valence-electron chi connectivity index (χ4n) is 1.75. The molecule has 0 fully saturated rings. The monoisotopic (exact) mass is 184 g/mol. The average Bonchev–Trinajstić information content (AvgIpc) is 2.27. The first kappa shape index (κ1) is 8.95. The van der Waals surface area contributed by atoms with Crippen LogP contribution >= 0.6 is 0 Å². The van der Waals surface area contributed by atoms with Gasteiger partial charge >= 0.3 is 0 Å². The first-order valence-corrected chi connectivity index (χ1v) is 4.74. The summed E-state index contributed by atoms with van der Waals surface area (Å²) in [5.74, 6) is 0.472. The molecule has 2 rings (SSSR count). The molecule has 1 nitrogen and oxygen atoms in total. The van der Waals surface area contributed by atoms with Gasteiger partial charge < -0.3 is 0 Å². The number of rotatable bonds is 2. The van der Waals surface area contributed by atoms with Gasteiger partial charge in [0.05, 0.1) is 0 Å². The van der Waals surface area contributed by atoms with E-state index >= 15 is 0 Å². The van der Waals surface area contributed by atoms with Crippen molar-refractivity contribution in [3.8, 4) is 0 Å². The first-order chi connectivity index (χ1) is 6.81. The van der Waals surface area contributed by atoms with Gasteiger partial charge in [-0.3, -0.25) is 4.79 Å². The Balaban J connectivity index is 2.28. The van der Waals surface area contributed by atoms with E-state index in [1.165, 1.54) is 11.6 Å². The van der Waals surface area contributed by atoms with E-state index in [1.54, 1.807) is 0 Å². The third kappa shape index (κ3) is 1.53. The van der Waals surface area contributed by atoms with Gasteiger partial charge in [0.2, 0.25) is 0 Å². The summed E-state index contributed by atoms with van der Waals surface area (Å²) < 4.78 is 0. The Morgan fingerprint density at radius 2 is 2.36 bits per heavy atom. The number of ketones is 1. The van der Waals surface area contributed by atoms with Crippen molar-refractivity contribution in [1.29, 1.82) is 0 Å². The van der Waals surface area contributed by atoms with Gasteiger partial charge in [-0.15, -0.1) is 0 Å². The van der Waals surface area contributed by atoms with Gasteiger partial charge in [0, 0.05) is 11.5 Å². The molecule has 2 aliphatic carbocycles. The highest BCUT2D eigenvalue weighted by Gasteiger charge is 2.16. The van der Waals surface area contributed by atoms with Crippen LogP contribution in [0, 0.1) is 5.92 Å². The Hall–Kier alpha value is -1.63. The van der Waals surface area contributed by atoms with Crippen LogP contribution in [-0.2, 0) is 4.79 Å². The van der Waals surface area contributed by atoms with Crippen LogP contribution in [0.2, 0.25) is 0 Å².